The van der Waals surface area contributed by atoms with E-state index in [9.17, 15) is 5.11 Å². The molecule has 1 heterocycles. The van der Waals surface area contributed by atoms with Crippen LogP contribution >= 0.6 is 11.8 Å². The minimum absolute atomic E-state index is 0.157. The maximum atomic E-state index is 9.46. The molecule has 2 aliphatic rings. The van der Waals surface area contributed by atoms with Crippen molar-refractivity contribution in [3.05, 3.63) is 23.8 Å². The normalized spacial score (nSPS) is 20.9. The summed E-state index contributed by atoms with van der Waals surface area (Å²) in [5.41, 5.74) is 2.86. The summed E-state index contributed by atoms with van der Waals surface area (Å²) in [7, 11) is 0. The van der Waals surface area contributed by atoms with E-state index >= 15 is 0 Å². The lowest BCUT2D eigenvalue weighted by Gasteiger charge is -2.40. The van der Waals surface area contributed by atoms with Crippen LogP contribution in [0.15, 0.2) is 23.1 Å². The van der Waals surface area contributed by atoms with Crippen LogP contribution in [0, 0.1) is 5.41 Å². The first-order valence-corrected chi connectivity index (χ1v) is 7.90. The van der Waals surface area contributed by atoms with E-state index in [1.165, 1.54) is 41.2 Å². The maximum absolute atomic E-state index is 9.46. The summed E-state index contributed by atoms with van der Waals surface area (Å²) in [6.07, 6.45) is 6.10. The number of fused-ring (bicyclic) bond motifs is 1. The van der Waals surface area contributed by atoms with Gasteiger partial charge in [0.25, 0.3) is 0 Å². The average Bonchev–Trinajstić information content (AvgIpc) is 2.38. The number of anilines is 1. The molecule has 1 fully saturated rings. The highest BCUT2D eigenvalue weighted by Gasteiger charge is 2.35. The van der Waals surface area contributed by atoms with Gasteiger partial charge in [-0.2, -0.15) is 0 Å². The standard InChI is InChI=1S/C15H21NOS/c17-11-15(6-2-7-15)10-16-13-4-5-14-12(9-13)3-1-8-18-14/h4-5,9,16-17H,1-3,6-8,10-11H2. The van der Waals surface area contributed by atoms with Crippen LogP contribution in [0.3, 0.4) is 0 Å². The molecule has 0 atom stereocenters. The average molecular weight is 263 g/mol. The Labute approximate surface area is 113 Å². The molecular weight excluding hydrogens is 242 g/mol. The Morgan fingerprint density at radius 2 is 2.17 bits per heavy atom. The van der Waals surface area contributed by atoms with Gasteiger partial charge in [0.2, 0.25) is 0 Å². The van der Waals surface area contributed by atoms with Crippen LogP contribution in [0.1, 0.15) is 31.2 Å². The van der Waals surface area contributed by atoms with Crippen molar-refractivity contribution >= 4 is 17.4 Å². The third-order valence-electron chi connectivity index (χ3n) is 4.33. The van der Waals surface area contributed by atoms with E-state index in [0.717, 1.165) is 19.4 Å². The summed E-state index contributed by atoms with van der Waals surface area (Å²) < 4.78 is 0. The van der Waals surface area contributed by atoms with Gasteiger partial charge in [0.1, 0.15) is 0 Å². The van der Waals surface area contributed by atoms with Gasteiger partial charge in [-0.1, -0.05) is 6.42 Å². The summed E-state index contributed by atoms with van der Waals surface area (Å²) >= 11 is 1.97. The molecule has 1 aromatic rings. The van der Waals surface area contributed by atoms with Gasteiger partial charge in [-0.15, -0.1) is 11.8 Å². The third-order valence-corrected chi connectivity index (χ3v) is 5.53. The van der Waals surface area contributed by atoms with Crippen molar-refractivity contribution in [1.29, 1.82) is 0 Å². The number of aliphatic hydroxyl groups is 1. The molecule has 3 rings (SSSR count). The van der Waals surface area contributed by atoms with Gasteiger partial charge in [0.05, 0.1) is 6.61 Å². The molecule has 0 unspecified atom stereocenters. The Morgan fingerprint density at radius 3 is 2.89 bits per heavy atom. The summed E-state index contributed by atoms with van der Waals surface area (Å²) in [5, 5.41) is 13.0. The molecule has 0 radical (unpaired) electrons. The highest BCUT2D eigenvalue weighted by molar-refractivity contribution is 7.99. The third kappa shape index (κ3) is 2.39. The maximum Gasteiger partial charge on any atom is 0.0504 e. The molecule has 0 amide bonds. The first kappa shape index (κ1) is 12.4. The Morgan fingerprint density at radius 1 is 1.28 bits per heavy atom. The van der Waals surface area contributed by atoms with Crippen LogP contribution in [0.5, 0.6) is 0 Å². The molecule has 0 aromatic heterocycles. The Bertz CT molecular complexity index is 423. The van der Waals surface area contributed by atoms with Crippen molar-refractivity contribution in [3.63, 3.8) is 0 Å². The van der Waals surface area contributed by atoms with Crippen LogP contribution in [0.2, 0.25) is 0 Å². The van der Waals surface area contributed by atoms with Crippen LogP contribution in [-0.4, -0.2) is 24.0 Å². The second-order valence-corrected chi connectivity index (χ2v) is 6.78. The zero-order valence-electron chi connectivity index (χ0n) is 10.7. The molecule has 0 bridgehead atoms. The largest absolute Gasteiger partial charge is 0.396 e. The number of benzene rings is 1. The molecule has 1 aromatic carbocycles. The summed E-state index contributed by atoms with van der Waals surface area (Å²) in [6.45, 7) is 1.23. The van der Waals surface area contributed by atoms with Gasteiger partial charge in [-0.25, -0.2) is 0 Å². The van der Waals surface area contributed by atoms with Crippen molar-refractivity contribution in [2.24, 2.45) is 5.41 Å². The fraction of sp³-hybridized carbons (Fsp3) is 0.600. The number of aliphatic hydroxyl groups excluding tert-OH is 1. The predicted molar refractivity (Wildman–Crippen MR) is 77.3 cm³/mol. The Hall–Kier alpha value is -0.670. The van der Waals surface area contributed by atoms with Crippen molar-refractivity contribution in [1.82, 2.24) is 0 Å². The number of hydrogen-bond acceptors (Lipinski definition) is 3. The van der Waals surface area contributed by atoms with E-state index in [2.05, 4.69) is 23.5 Å². The van der Waals surface area contributed by atoms with Gasteiger partial charge < -0.3 is 10.4 Å². The zero-order chi connectivity index (χ0) is 12.4. The highest BCUT2D eigenvalue weighted by atomic mass is 32.2. The van der Waals surface area contributed by atoms with E-state index in [-0.39, 0.29) is 5.41 Å². The van der Waals surface area contributed by atoms with Crippen LogP contribution < -0.4 is 5.32 Å². The lowest BCUT2D eigenvalue weighted by Crippen LogP contribution is -2.39. The first-order valence-electron chi connectivity index (χ1n) is 6.92. The Kier molecular flexibility index (Phi) is 3.53. The van der Waals surface area contributed by atoms with Crippen molar-refractivity contribution in [3.8, 4) is 0 Å². The monoisotopic (exact) mass is 263 g/mol. The molecule has 1 saturated carbocycles. The number of hydrogen-bond donors (Lipinski definition) is 2. The number of thioether (sulfide) groups is 1. The summed E-state index contributed by atoms with van der Waals surface area (Å²) in [5.74, 6) is 1.26. The van der Waals surface area contributed by atoms with Crippen LogP contribution in [0.4, 0.5) is 5.69 Å². The SMILES string of the molecule is OCC1(CNc2ccc3c(c2)CCCS3)CCC1. The molecule has 2 N–H and O–H groups in total. The molecule has 1 aliphatic carbocycles. The molecule has 0 saturated heterocycles. The molecule has 18 heavy (non-hydrogen) atoms. The second kappa shape index (κ2) is 5.14. The van der Waals surface area contributed by atoms with Gasteiger partial charge in [-0.05, 0) is 55.2 Å². The molecule has 3 heteroatoms. The molecular formula is C15H21NOS. The van der Waals surface area contributed by atoms with Crippen molar-refractivity contribution in [2.45, 2.75) is 37.0 Å². The van der Waals surface area contributed by atoms with Gasteiger partial charge in [0.15, 0.2) is 0 Å². The minimum atomic E-state index is 0.157. The van der Waals surface area contributed by atoms with E-state index in [4.69, 9.17) is 0 Å². The lowest BCUT2D eigenvalue weighted by molar-refractivity contribution is 0.0576. The first-order chi connectivity index (χ1) is 8.81. The summed E-state index contributed by atoms with van der Waals surface area (Å²) in [6, 6.07) is 6.72. The summed E-state index contributed by atoms with van der Waals surface area (Å²) in [4.78, 5) is 1.45. The molecule has 2 nitrogen and oxygen atoms in total. The van der Waals surface area contributed by atoms with Crippen molar-refractivity contribution in [2.75, 3.05) is 24.2 Å². The van der Waals surface area contributed by atoms with Gasteiger partial charge >= 0.3 is 0 Å². The highest BCUT2D eigenvalue weighted by Crippen LogP contribution is 2.40. The molecule has 0 spiro atoms. The van der Waals surface area contributed by atoms with E-state index in [0.29, 0.717) is 6.61 Å². The second-order valence-electron chi connectivity index (χ2n) is 5.64. The quantitative estimate of drug-likeness (QED) is 0.874. The van der Waals surface area contributed by atoms with E-state index in [1.807, 2.05) is 11.8 Å². The van der Waals surface area contributed by atoms with Crippen molar-refractivity contribution < 1.29 is 5.11 Å². The Balaban J connectivity index is 1.66. The fourth-order valence-electron chi connectivity index (χ4n) is 2.83. The number of nitrogens with one attached hydrogen (secondary N) is 1. The van der Waals surface area contributed by atoms with Gasteiger partial charge in [-0.3, -0.25) is 0 Å². The lowest BCUT2D eigenvalue weighted by atomic mass is 9.69. The minimum Gasteiger partial charge on any atom is -0.396 e. The zero-order valence-corrected chi connectivity index (χ0v) is 11.6. The topological polar surface area (TPSA) is 32.3 Å². The fourth-order valence-corrected chi connectivity index (χ4v) is 3.85. The molecule has 1 aliphatic heterocycles. The van der Waals surface area contributed by atoms with Gasteiger partial charge in [0, 0.05) is 22.5 Å². The molecule has 98 valence electrons. The van der Waals surface area contributed by atoms with E-state index in [1.54, 1.807) is 0 Å². The van der Waals surface area contributed by atoms with Crippen LogP contribution in [0.25, 0.3) is 0 Å². The van der Waals surface area contributed by atoms with Crippen LogP contribution in [-0.2, 0) is 6.42 Å². The predicted octanol–water partition coefficient (Wildman–Crippen LogP) is 3.30. The smallest absolute Gasteiger partial charge is 0.0504 e. The number of rotatable bonds is 4. The number of aryl methyl sites for hydroxylation is 1. The van der Waals surface area contributed by atoms with E-state index < -0.39 is 0 Å².